The molecule has 0 rings (SSSR count). The van der Waals surface area contributed by atoms with E-state index in [4.69, 9.17) is 0 Å². The van der Waals surface area contributed by atoms with Crippen LogP contribution in [0.15, 0.2) is 12.7 Å². The molecule has 0 nitrogen and oxygen atoms in total. The molecule has 0 bridgehead atoms. The maximum atomic E-state index is 3.50. The Morgan fingerprint density at radius 1 is 1.50 bits per heavy atom. The van der Waals surface area contributed by atoms with Crippen molar-refractivity contribution in [1.82, 2.24) is 0 Å². The molecule has 0 saturated carbocycles. The van der Waals surface area contributed by atoms with Crippen LogP contribution in [0, 0.1) is 38.3 Å². The van der Waals surface area contributed by atoms with Crippen LogP contribution in [0.4, 0.5) is 0 Å². The van der Waals surface area contributed by atoms with E-state index in [9.17, 15) is 0 Å². The summed E-state index contributed by atoms with van der Waals surface area (Å²) in [4.78, 5) is 0. The van der Waals surface area contributed by atoms with Gasteiger partial charge in [0, 0.05) is 0 Å². The van der Waals surface area contributed by atoms with E-state index in [1.54, 1.807) is 38.3 Å². The number of rotatable bonds is 1. The quantitative estimate of drug-likeness (QED) is 0.416. The van der Waals surface area contributed by atoms with E-state index < -0.39 is 0 Å². The fourth-order valence-electron chi connectivity index (χ4n) is 0. The molecule has 0 radical (unpaired) electrons. The summed E-state index contributed by atoms with van der Waals surface area (Å²) in [6.45, 7) is 3.50. The second-order valence-electron chi connectivity index (χ2n) is 0.455. The van der Waals surface area contributed by atoms with Crippen molar-refractivity contribution in [2.45, 2.75) is 2.14 Å². The second kappa shape index (κ2) is 15.7. The Balaban J connectivity index is -0.0000000450. The minimum atomic E-state index is 0. The standard InChI is InChI=1S/C3H5.2BrH.Sm/c1-3-2;;;/h3H,1-2H2;2*1H;/q;;;+2/p-2. The summed E-state index contributed by atoms with van der Waals surface area (Å²) >= 11 is 1.59. The topological polar surface area (TPSA) is 0 Å². The van der Waals surface area contributed by atoms with E-state index in [0.717, 1.165) is 0 Å². The Morgan fingerprint density at radius 3 is 1.67 bits per heavy atom. The monoisotopic (exact) mass is 351 g/mol. The van der Waals surface area contributed by atoms with Gasteiger partial charge >= 0.3 is 53.1 Å². The molecular formula is C3H5Br2Sm. The molecule has 0 aliphatic rings. The molecule has 0 aliphatic carbocycles. The Labute approximate surface area is 85.6 Å². The van der Waals surface area contributed by atoms with Crippen molar-refractivity contribution in [3.05, 3.63) is 12.7 Å². The van der Waals surface area contributed by atoms with Crippen molar-refractivity contribution in [1.29, 1.82) is 0 Å². The largest absolute Gasteiger partial charge is 1.00 e. The van der Waals surface area contributed by atoms with Crippen LogP contribution < -0.4 is 34.0 Å². The van der Waals surface area contributed by atoms with Crippen molar-refractivity contribution >= 4 is 0 Å². The van der Waals surface area contributed by atoms with Gasteiger partial charge < -0.3 is 34.0 Å². The van der Waals surface area contributed by atoms with E-state index >= 15 is 0 Å². The Kier molecular flexibility index (Phi) is 41.1. The molecule has 0 amide bonds. The van der Waals surface area contributed by atoms with Gasteiger partial charge in [-0.25, -0.2) is 0 Å². The minimum absolute atomic E-state index is 0. The van der Waals surface area contributed by atoms with Crippen LogP contribution in [0.2, 0.25) is 2.14 Å². The third kappa shape index (κ3) is 16.6. The zero-order valence-electron chi connectivity index (χ0n) is 3.16. The van der Waals surface area contributed by atoms with Crippen molar-refractivity contribution in [3.63, 3.8) is 0 Å². The van der Waals surface area contributed by atoms with Crippen molar-refractivity contribution < 1.29 is 72.3 Å². The molecule has 0 atom stereocenters. The van der Waals surface area contributed by atoms with E-state index in [2.05, 4.69) is 6.58 Å². The third-order valence-corrected chi connectivity index (χ3v) is 0.874. The van der Waals surface area contributed by atoms with Crippen LogP contribution >= 0.6 is 0 Å². The first-order chi connectivity index (χ1) is 1.91. The van der Waals surface area contributed by atoms with Crippen LogP contribution in [0.5, 0.6) is 0 Å². The zero-order valence-corrected chi connectivity index (χ0v) is 8.95. The van der Waals surface area contributed by atoms with Gasteiger partial charge in [0.05, 0.1) is 0 Å². The molecule has 0 unspecified atom stereocenters. The minimum Gasteiger partial charge on any atom is -1.00 e. The fraction of sp³-hybridized carbons (Fsp3) is 0.333. The molecule has 0 heterocycles. The van der Waals surface area contributed by atoms with Crippen molar-refractivity contribution in [2.24, 2.45) is 0 Å². The van der Waals surface area contributed by atoms with Crippen LogP contribution in [-0.2, 0) is 0 Å². The summed E-state index contributed by atoms with van der Waals surface area (Å²) in [5, 5.41) is 0. The molecule has 6 heavy (non-hydrogen) atoms. The molecule has 0 aromatic carbocycles. The van der Waals surface area contributed by atoms with Gasteiger partial charge in [0.25, 0.3) is 0 Å². The summed E-state index contributed by atoms with van der Waals surface area (Å²) in [6.07, 6.45) is 1.91. The maximum absolute atomic E-state index is 3.50. The molecule has 0 saturated heterocycles. The van der Waals surface area contributed by atoms with E-state index in [-0.39, 0.29) is 34.0 Å². The number of hydrogen-bond acceptors (Lipinski definition) is 0. The molecular weight excluding hydrogens is 346 g/mol. The summed E-state index contributed by atoms with van der Waals surface area (Å²) < 4.78 is 1.17. The van der Waals surface area contributed by atoms with Crippen LogP contribution in [0.3, 0.4) is 0 Å². The predicted octanol–water partition coefficient (Wildman–Crippen LogP) is -4.85. The van der Waals surface area contributed by atoms with Gasteiger partial charge in [0.1, 0.15) is 0 Å². The van der Waals surface area contributed by atoms with Gasteiger partial charge in [0.15, 0.2) is 0 Å². The smallest absolute Gasteiger partial charge is 1.00 e. The van der Waals surface area contributed by atoms with Crippen LogP contribution in [0.25, 0.3) is 0 Å². The Bertz CT molecular complexity index is 22.8. The third-order valence-electron chi connectivity index (χ3n) is 0.118. The van der Waals surface area contributed by atoms with Crippen molar-refractivity contribution in [2.75, 3.05) is 0 Å². The van der Waals surface area contributed by atoms with Gasteiger partial charge in [-0.15, -0.1) is 0 Å². The van der Waals surface area contributed by atoms with Crippen molar-refractivity contribution in [3.8, 4) is 0 Å². The summed E-state index contributed by atoms with van der Waals surface area (Å²) in [7, 11) is 0. The first-order valence-corrected chi connectivity index (χ1v) is 2.96. The average molecular weight is 351 g/mol. The van der Waals surface area contributed by atoms with Gasteiger partial charge in [-0.1, -0.05) is 0 Å². The SMILES string of the molecule is C=C[CH2][Sm+2].[Br-].[Br-]. The molecule has 0 aliphatic heterocycles. The number of allylic oxidation sites excluding steroid dienone is 1. The number of hydrogen-bond donors (Lipinski definition) is 0. The Hall–Kier alpha value is 2.04. The second-order valence-corrected chi connectivity index (χ2v) is 1.52. The maximum Gasteiger partial charge on any atom is -1.00 e. The normalized spacial score (nSPS) is 3.83. The molecule has 0 aromatic heterocycles. The molecule has 0 aromatic rings. The van der Waals surface area contributed by atoms with Gasteiger partial charge in [-0.2, -0.15) is 0 Å². The van der Waals surface area contributed by atoms with Gasteiger partial charge in [-0.05, 0) is 0 Å². The fourth-order valence-corrected chi connectivity index (χ4v) is 0. The van der Waals surface area contributed by atoms with Gasteiger partial charge in [0.2, 0.25) is 0 Å². The molecule has 37 valence electrons. The van der Waals surface area contributed by atoms with E-state index in [1.165, 1.54) is 2.14 Å². The number of halogens is 2. The molecule has 0 spiro atoms. The van der Waals surface area contributed by atoms with Gasteiger partial charge in [-0.3, -0.25) is 0 Å². The Morgan fingerprint density at radius 2 is 1.67 bits per heavy atom. The zero-order chi connectivity index (χ0) is 3.41. The average Bonchev–Trinajstić information content (AvgIpc) is 1.37. The molecule has 0 N–H and O–H groups in total. The summed E-state index contributed by atoms with van der Waals surface area (Å²) in [5.74, 6) is 0. The van der Waals surface area contributed by atoms with Crippen LogP contribution in [0.1, 0.15) is 0 Å². The predicted molar refractivity (Wildman–Crippen MR) is 15.0 cm³/mol. The molecule has 0 fully saturated rings. The molecule has 3 heteroatoms. The van der Waals surface area contributed by atoms with E-state index in [0.29, 0.717) is 0 Å². The summed E-state index contributed by atoms with van der Waals surface area (Å²) in [6, 6.07) is 0. The first kappa shape index (κ1) is 15.7. The van der Waals surface area contributed by atoms with Crippen LogP contribution in [-0.4, -0.2) is 0 Å². The van der Waals surface area contributed by atoms with E-state index in [1.807, 2.05) is 6.08 Å². The summed E-state index contributed by atoms with van der Waals surface area (Å²) in [5.41, 5.74) is 0. The first-order valence-electron chi connectivity index (χ1n) is 1.11.